The van der Waals surface area contributed by atoms with Gasteiger partial charge in [-0.3, -0.25) is 14.6 Å². The highest BCUT2D eigenvalue weighted by Gasteiger charge is 2.24. The number of piperazine rings is 1. The Morgan fingerprint density at radius 1 is 0.935 bits per heavy atom. The number of hydrogen-bond donors (Lipinski definition) is 1. The van der Waals surface area contributed by atoms with Crippen LogP contribution in [0.15, 0.2) is 36.4 Å². The summed E-state index contributed by atoms with van der Waals surface area (Å²) in [6.45, 7) is 7.46. The Morgan fingerprint density at radius 2 is 1.74 bits per heavy atom. The number of para-hydroxylation sites is 1. The normalized spacial score (nSPS) is 18.9. The number of fused-ring (bicyclic) bond motifs is 1. The maximum absolute atomic E-state index is 12.4. The van der Waals surface area contributed by atoms with Crippen LogP contribution in [0.25, 0.3) is 11.0 Å². The minimum absolute atomic E-state index is 0.00654. The number of amides is 1. The summed E-state index contributed by atoms with van der Waals surface area (Å²) < 4.78 is 13.1. The van der Waals surface area contributed by atoms with Crippen LogP contribution in [0.3, 0.4) is 0 Å². The Morgan fingerprint density at radius 3 is 2.61 bits per heavy atom. The third-order valence-electron chi connectivity index (χ3n) is 6.38. The lowest BCUT2D eigenvalue weighted by Crippen LogP contribution is -2.45. The molecule has 0 aliphatic carbocycles. The molecule has 1 aromatic heterocycles. The number of nitrogens with zero attached hydrogens (tertiary/aromatic N) is 4. The number of nitrogens with one attached hydrogen (secondary N) is 1. The van der Waals surface area contributed by atoms with Crippen LogP contribution in [0.4, 0.5) is 0 Å². The van der Waals surface area contributed by atoms with Gasteiger partial charge in [0.2, 0.25) is 6.79 Å². The quantitative estimate of drug-likeness (QED) is 0.696. The Bertz CT molecular complexity index is 1150. The number of ether oxygens (including phenoxy) is 2. The molecule has 3 aromatic rings. The molecule has 8 nitrogen and oxygen atoms in total. The highest BCUT2D eigenvalue weighted by molar-refractivity contribution is 6.05. The molecule has 6 rings (SSSR count). The highest BCUT2D eigenvalue weighted by Crippen LogP contribution is 2.33. The molecule has 0 atom stereocenters. The molecule has 0 spiro atoms. The molecule has 8 heteroatoms. The SMILES string of the molecule is O=C1NCCn2c(CN3CCN(Cc4ccc5c(c4)OCO5)CC3)nc3cccc1c32. The van der Waals surface area contributed by atoms with Gasteiger partial charge in [0, 0.05) is 45.8 Å². The maximum Gasteiger partial charge on any atom is 0.253 e. The van der Waals surface area contributed by atoms with E-state index in [9.17, 15) is 4.79 Å². The molecular formula is C23H25N5O3. The first-order valence-corrected chi connectivity index (χ1v) is 10.8. The van der Waals surface area contributed by atoms with Crippen LogP contribution < -0.4 is 14.8 Å². The molecule has 1 fully saturated rings. The molecule has 0 unspecified atom stereocenters. The molecule has 4 heterocycles. The average Bonchev–Trinajstić information content (AvgIpc) is 3.34. The van der Waals surface area contributed by atoms with Gasteiger partial charge in [0.1, 0.15) is 5.82 Å². The Kier molecular flexibility index (Phi) is 4.54. The number of benzene rings is 2. The Hall–Kier alpha value is -3.10. The monoisotopic (exact) mass is 419 g/mol. The van der Waals surface area contributed by atoms with Gasteiger partial charge in [-0.1, -0.05) is 12.1 Å². The van der Waals surface area contributed by atoms with Crippen LogP contribution in [-0.2, 0) is 19.6 Å². The summed E-state index contributed by atoms with van der Waals surface area (Å²) in [6.07, 6.45) is 0. The molecule has 160 valence electrons. The van der Waals surface area contributed by atoms with Crippen molar-refractivity contribution >= 4 is 16.9 Å². The highest BCUT2D eigenvalue weighted by atomic mass is 16.7. The maximum atomic E-state index is 12.4. The molecule has 1 amide bonds. The fraction of sp³-hybridized carbons (Fsp3) is 0.391. The minimum Gasteiger partial charge on any atom is -0.454 e. The van der Waals surface area contributed by atoms with Crippen molar-refractivity contribution in [3.8, 4) is 11.5 Å². The first kappa shape index (κ1) is 18.7. The van der Waals surface area contributed by atoms with E-state index < -0.39 is 0 Å². The van der Waals surface area contributed by atoms with E-state index in [1.807, 2.05) is 24.3 Å². The number of hydrogen-bond acceptors (Lipinski definition) is 6. The topological polar surface area (TPSA) is 71.9 Å². The fourth-order valence-corrected chi connectivity index (χ4v) is 4.76. The van der Waals surface area contributed by atoms with Crippen molar-refractivity contribution in [1.29, 1.82) is 0 Å². The zero-order chi connectivity index (χ0) is 20.8. The largest absolute Gasteiger partial charge is 0.454 e. The summed E-state index contributed by atoms with van der Waals surface area (Å²) in [7, 11) is 0. The number of rotatable bonds is 4. The van der Waals surface area contributed by atoms with Crippen molar-refractivity contribution in [3.05, 3.63) is 53.3 Å². The summed E-state index contributed by atoms with van der Waals surface area (Å²) in [5, 5.41) is 2.99. The van der Waals surface area contributed by atoms with E-state index in [-0.39, 0.29) is 5.91 Å². The first-order chi connectivity index (χ1) is 15.2. The lowest BCUT2D eigenvalue weighted by molar-refractivity contribution is 0.0956. The summed E-state index contributed by atoms with van der Waals surface area (Å²) in [5.74, 6) is 2.72. The van der Waals surface area contributed by atoms with E-state index in [1.54, 1.807) is 0 Å². The molecule has 2 aromatic carbocycles. The van der Waals surface area contributed by atoms with Crippen LogP contribution in [0, 0.1) is 0 Å². The van der Waals surface area contributed by atoms with Crippen LogP contribution in [-0.4, -0.2) is 64.8 Å². The van der Waals surface area contributed by atoms with Crippen LogP contribution in [0.1, 0.15) is 21.7 Å². The van der Waals surface area contributed by atoms with E-state index in [1.165, 1.54) is 5.56 Å². The van der Waals surface area contributed by atoms with Gasteiger partial charge in [0.05, 0.1) is 23.1 Å². The summed E-state index contributed by atoms with van der Waals surface area (Å²) in [5.41, 5.74) is 3.85. The van der Waals surface area contributed by atoms with Gasteiger partial charge in [-0.05, 0) is 29.8 Å². The second kappa shape index (κ2) is 7.55. The molecule has 3 aliphatic heterocycles. The second-order valence-corrected chi connectivity index (χ2v) is 8.35. The predicted octanol–water partition coefficient (Wildman–Crippen LogP) is 1.83. The Balaban J connectivity index is 1.13. The molecule has 31 heavy (non-hydrogen) atoms. The smallest absolute Gasteiger partial charge is 0.253 e. The third-order valence-corrected chi connectivity index (χ3v) is 6.38. The lowest BCUT2D eigenvalue weighted by atomic mass is 10.1. The van der Waals surface area contributed by atoms with E-state index in [0.29, 0.717) is 13.3 Å². The van der Waals surface area contributed by atoms with Crippen molar-refractivity contribution in [2.24, 2.45) is 0 Å². The van der Waals surface area contributed by atoms with Crippen molar-refractivity contribution < 1.29 is 14.3 Å². The van der Waals surface area contributed by atoms with Gasteiger partial charge in [-0.2, -0.15) is 0 Å². The lowest BCUT2D eigenvalue weighted by Gasteiger charge is -2.34. The van der Waals surface area contributed by atoms with Gasteiger partial charge in [0.15, 0.2) is 11.5 Å². The zero-order valence-corrected chi connectivity index (χ0v) is 17.3. The van der Waals surface area contributed by atoms with Crippen molar-refractivity contribution in [2.45, 2.75) is 19.6 Å². The number of aromatic nitrogens is 2. The van der Waals surface area contributed by atoms with Crippen LogP contribution >= 0.6 is 0 Å². The van der Waals surface area contributed by atoms with E-state index >= 15 is 0 Å². The van der Waals surface area contributed by atoms with Crippen molar-refractivity contribution in [1.82, 2.24) is 24.7 Å². The van der Waals surface area contributed by atoms with E-state index in [4.69, 9.17) is 14.5 Å². The second-order valence-electron chi connectivity index (χ2n) is 8.35. The number of carbonyl (C=O) groups excluding carboxylic acids is 1. The zero-order valence-electron chi connectivity index (χ0n) is 17.3. The van der Waals surface area contributed by atoms with Crippen LogP contribution in [0.2, 0.25) is 0 Å². The Labute approximate surface area is 180 Å². The fourth-order valence-electron chi connectivity index (χ4n) is 4.76. The van der Waals surface area contributed by atoms with Gasteiger partial charge in [0.25, 0.3) is 5.91 Å². The van der Waals surface area contributed by atoms with Gasteiger partial charge >= 0.3 is 0 Å². The van der Waals surface area contributed by atoms with Gasteiger partial charge < -0.3 is 19.4 Å². The predicted molar refractivity (Wildman–Crippen MR) is 115 cm³/mol. The van der Waals surface area contributed by atoms with E-state index in [2.05, 4.69) is 31.8 Å². The minimum atomic E-state index is -0.00654. The van der Waals surface area contributed by atoms with Crippen molar-refractivity contribution in [2.75, 3.05) is 39.5 Å². The third kappa shape index (κ3) is 3.41. The molecule has 1 N–H and O–H groups in total. The first-order valence-electron chi connectivity index (χ1n) is 10.8. The summed E-state index contributed by atoms with van der Waals surface area (Å²) in [6, 6.07) is 12.0. The van der Waals surface area contributed by atoms with E-state index in [0.717, 1.165) is 79.7 Å². The molecular weight excluding hydrogens is 394 g/mol. The average molecular weight is 419 g/mol. The standard InChI is InChI=1S/C23H25N5O3/c29-23-17-2-1-3-18-22(17)28(7-6-24-23)21(25-18)14-27-10-8-26(9-11-27)13-16-4-5-19-20(12-16)31-15-30-19/h1-5,12H,6-11,13-15H2,(H,24,29). The van der Waals surface area contributed by atoms with Gasteiger partial charge in [-0.15, -0.1) is 0 Å². The molecule has 1 saturated heterocycles. The molecule has 0 saturated carbocycles. The summed E-state index contributed by atoms with van der Waals surface area (Å²) >= 11 is 0. The van der Waals surface area contributed by atoms with Gasteiger partial charge in [-0.25, -0.2) is 4.98 Å². The number of imidazole rings is 1. The molecule has 0 bridgehead atoms. The molecule has 0 radical (unpaired) electrons. The summed E-state index contributed by atoms with van der Waals surface area (Å²) in [4.78, 5) is 22.2. The molecule has 3 aliphatic rings. The van der Waals surface area contributed by atoms with Crippen LogP contribution in [0.5, 0.6) is 11.5 Å². The number of carbonyl (C=O) groups is 1. The van der Waals surface area contributed by atoms with Crippen molar-refractivity contribution in [3.63, 3.8) is 0 Å².